The van der Waals surface area contributed by atoms with Gasteiger partial charge in [-0.1, -0.05) is 36.4 Å². The Balaban J connectivity index is 1.58. The summed E-state index contributed by atoms with van der Waals surface area (Å²) in [5.74, 6) is 1.92. The maximum atomic E-state index is 13.2. The third-order valence-electron chi connectivity index (χ3n) is 7.04. The number of carbonyl (C=O) groups excluding carboxylic acids is 1. The summed E-state index contributed by atoms with van der Waals surface area (Å²) in [6.45, 7) is 0.262. The van der Waals surface area contributed by atoms with Crippen molar-refractivity contribution in [3.63, 3.8) is 0 Å². The second-order valence-corrected chi connectivity index (χ2v) is 11.9. The highest BCUT2D eigenvalue weighted by molar-refractivity contribution is 8.18. The van der Waals surface area contributed by atoms with Crippen LogP contribution >= 0.6 is 23.5 Å². The molecule has 2 fully saturated rings. The molecule has 8 heteroatoms. The molecule has 2 aliphatic rings. The molecule has 1 N–H and O–H groups in total. The zero-order valence-electron chi connectivity index (χ0n) is 20.6. The number of esters is 1. The van der Waals surface area contributed by atoms with E-state index in [1.807, 2.05) is 35.7 Å². The van der Waals surface area contributed by atoms with Gasteiger partial charge in [0.2, 0.25) is 5.75 Å². The van der Waals surface area contributed by atoms with Crippen molar-refractivity contribution in [1.82, 2.24) is 0 Å². The van der Waals surface area contributed by atoms with Crippen LogP contribution in [-0.2, 0) is 13.6 Å². The van der Waals surface area contributed by atoms with Crippen molar-refractivity contribution in [2.45, 2.75) is 16.6 Å². The first kappa shape index (κ1) is 25.1. The first-order valence-corrected chi connectivity index (χ1v) is 13.9. The predicted molar refractivity (Wildman–Crippen MR) is 144 cm³/mol. The fourth-order valence-corrected chi connectivity index (χ4v) is 8.90. The third-order valence-corrected chi connectivity index (χ3v) is 10.7. The molecule has 0 spiro atoms. The van der Waals surface area contributed by atoms with Crippen LogP contribution in [0.4, 0.5) is 0 Å². The highest BCUT2D eigenvalue weighted by atomic mass is 32.2. The molecule has 6 nitrogen and oxygen atoms in total. The number of aliphatic hydroxyl groups excluding tert-OH is 1. The Morgan fingerprint density at radius 3 is 2.25 bits per heavy atom. The number of methoxy groups -OCH3 is 3. The van der Waals surface area contributed by atoms with Crippen LogP contribution in [0.5, 0.6) is 17.2 Å². The average Bonchev–Trinajstić information content (AvgIpc) is 3.33. The van der Waals surface area contributed by atoms with Gasteiger partial charge in [-0.3, -0.25) is 4.79 Å². The molecule has 0 radical (unpaired) electrons. The van der Waals surface area contributed by atoms with Crippen molar-refractivity contribution in [3.05, 3.63) is 65.7 Å². The summed E-state index contributed by atoms with van der Waals surface area (Å²) in [6.07, 6.45) is 0.00546. The summed E-state index contributed by atoms with van der Waals surface area (Å²) < 4.78 is 21.7. The molecular formula is C28H30O6S2. The lowest BCUT2D eigenvalue weighted by atomic mass is 9.81. The second-order valence-electron chi connectivity index (χ2n) is 8.95. The molecule has 2 aliphatic heterocycles. The van der Waals surface area contributed by atoms with Gasteiger partial charge in [0.25, 0.3) is 0 Å². The molecule has 5 rings (SSSR count). The van der Waals surface area contributed by atoms with Crippen LogP contribution < -0.4 is 14.2 Å². The second kappa shape index (κ2) is 10.4. The number of aliphatic hydroxyl groups is 1. The van der Waals surface area contributed by atoms with Crippen LogP contribution in [0.15, 0.2) is 54.6 Å². The van der Waals surface area contributed by atoms with Crippen molar-refractivity contribution < 1.29 is 28.8 Å². The zero-order valence-corrected chi connectivity index (χ0v) is 22.2. The van der Waals surface area contributed by atoms with E-state index in [-0.39, 0.29) is 18.5 Å². The zero-order chi connectivity index (χ0) is 25.3. The van der Waals surface area contributed by atoms with E-state index >= 15 is 0 Å². The van der Waals surface area contributed by atoms with Gasteiger partial charge in [-0.2, -0.15) is 0 Å². The molecule has 1 unspecified atom stereocenters. The van der Waals surface area contributed by atoms with Crippen LogP contribution in [0.1, 0.15) is 23.7 Å². The van der Waals surface area contributed by atoms with Crippen LogP contribution in [0.25, 0.3) is 10.8 Å². The summed E-state index contributed by atoms with van der Waals surface area (Å²) in [5, 5.41) is 14.0. The van der Waals surface area contributed by atoms with Gasteiger partial charge in [-0.15, -0.1) is 23.5 Å². The lowest BCUT2D eigenvalue weighted by Gasteiger charge is -2.43. The number of thioether (sulfide) groups is 2. The quantitative estimate of drug-likeness (QED) is 0.410. The fraction of sp³-hybridized carbons (Fsp3) is 0.393. The maximum absolute atomic E-state index is 13.2. The SMILES string of the molecule is COc1cc(C(O)[C@@H]2C(=O)OC[C@H]2C2(c3ccc4ccccc4c3)SCCCS2)cc(OC)c1OC. The lowest BCUT2D eigenvalue weighted by molar-refractivity contribution is -0.144. The van der Waals surface area contributed by atoms with Gasteiger partial charge in [-0.05, 0) is 58.0 Å². The van der Waals surface area contributed by atoms with E-state index in [1.54, 1.807) is 12.1 Å². The number of cyclic esters (lactones) is 1. The van der Waals surface area contributed by atoms with E-state index in [0.29, 0.717) is 22.8 Å². The minimum atomic E-state index is -1.10. The van der Waals surface area contributed by atoms with Crippen molar-refractivity contribution in [1.29, 1.82) is 0 Å². The minimum absolute atomic E-state index is 0.226. The normalized spacial score (nSPS) is 22.2. The predicted octanol–water partition coefficient (Wildman–Crippen LogP) is 5.41. The molecule has 3 aromatic carbocycles. The van der Waals surface area contributed by atoms with Gasteiger partial charge in [0.15, 0.2) is 11.5 Å². The molecular weight excluding hydrogens is 496 g/mol. The van der Waals surface area contributed by atoms with Crippen LogP contribution in [-0.4, -0.2) is 50.5 Å². The smallest absolute Gasteiger partial charge is 0.312 e. The Hall–Kier alpha value is -2.55. The number of rotatable bonds is 7. The van der Waals surface area contributed by atoms with Gasteiger partial charge in [0.1, 0.15) is 0 Å². The number of hydrogen-bond donors (Lipinski definition) is 1. The van der Waals surface area contributed by atoms with Gasteiger partial charge in [-0.25, -0.2) is 0 Å². The van der Waals surface area contributed by atoms with Gasteiger partial charge in [0, 0.05) is 5.92 Å². The molecule has 0 saturated carbocycles. The molecule has 0 bridgehead atoms. The first-order chi connectivity index (χ1) is 17.5. The lowest BCUT2D eigenvalue weighted by Crippen LogP contribution is -2.39. The summed E-state index contributed by atoms with van der Waals surface area (Å²) in [7, 11) is 4.60. The Bertz CT molecular complexity index is 1230. The first-order valence-electron chi connectivity index (χ1n) is 11.9. The molecule has 0 aliphatic carbocycles. The molecule has 3 aromatic rings. The summed E-state index contributed by atoms with van der Waals surface area (Å²) in [4.78, 5) is 13.2. The largest absolute Gasteiger partial charge is 0.493 e. The molecule has 190 valence electrons. The number of hydrogen-bond acceptors (Lipinski definition) is 8. The number of fused-ring (bicyclic) bond motifs is 1. The van der Waals surface area contributed by atoms with Crippen LogP contribution in [0.3, 0.4) is 0 Å². The minimum Gasteiger partial charge on any atom is -0.493 e. The molecule has 2 heterocycles. The summed E-state index contributed by atoms with van der Waals surface area (Å²) in [5.41, 5.74) is 1.68. The van der Waals surface area contributed by atoms with Crippen LogP contribution in [0, 0.1) is 11.8 Å². The Morgan fingerprint density at radius 1 is 0.944 bits per heavy atom. The number of carbonyl (C=O) groups is 1. The number of ether oxygens (including phenoxy) is 4. The van der Waals surface area contributed by atoms with E-state index in [1.165, 1.54) is 26.7 Å². The van der Waals surface area contributed by atoms with E-state index in [2.05, 4.69) is 30.3 Å². The van der Waals surface area contributed by atoms with E-state index in [4.69, 9.17) is 18.9 Å². The van der Waals surface area contributed by atoms with Crippen molar-refractivity contribution >= 4 is 40.3 Å². The number of benzene rings is 3. The van der Waals surface area contributed by atoms with Gasteiger partial charge < -0.3 is 24.1 Å². The molecule has 0 amide bonds. The molecule has 2 saturated heterocycles. The highest BCUT2D eigenvalue weighted by Gasteiger charge is 2.55. The Kier molecular flexibility index (Phi) is 7.28. The van der Waals surface area contributed by atoms with Gasteiger partial charge in [0.05, 0.1) is 44.0 Å². The Labute approximate surface area is 219 Å². The standard InChI is InChI=1S/C28H30O6S2/c1-31-22-14-19(15-23(32-2)26(22)33-3)25(29)24-21(16-34-27(24)30)28(35-11-6-12-36-28)20-10-9-17-7-4-5-8-18(17)13-20/h4-5,7-10,13-15,21,24-25,29H,6,11-12,16H2,1-3H3/t21-,24-,25?/m1/s1. The van der Waals surface area contributed by atoms with E-state index < -0.39 is 16.1 Å². The van der Waals surface area contributed by atoms with E-state index in [9.17, 15) is 9.90 Å². The topological polar surface area (TPSA) is 74.2 Å². The summed E-state index contributed by atoms with van der Waals surface area (Å²) in [6, 6.07) is 18.2. The maximum Gasteiger partial charge on any atom is 0.312 e. The molecule has 3 atom stereocenters. The van der Waals surface area contributed by atoms with Gasteiger partial charge >= 0.3 is 5.97 Å². The van der Waals surface area contributed by atoms with E-state index in [0.717, 1.165) is 28.9 Å². The average molecular weight is 527 g/mol. The monoisotopic (exact) mass is 526 g/mol. The van der Waals surface area contributed by atoms with Crippen LogP contribution in [0.2, 0.25) is 0 Å². The Morgan fingerprint density at radius 2 is 1.61 bits per heavy atom. The summed E-state index contributed by atoms with van der Waals surface area (Å²) >= 11 is 3.72. The third kappa shape index (κ3) is 4.29. The highest BCUT2D eigenvalue weighted by Crippen LogP contribution is 2.60. The fourth-order valence-electron chi connectivity index (χ4n) is 5.26. The molecule has 0 aromatic heterocycles. The van der Waals surface area contributed by atoms with Crippen molar-refractivity contribution in [2.24, 2.45) is 11.8 Å². The van der Waals surface area contributed by atoms with Crippen molar-refractivity contribution in [2.75, 3.05) is 39.4 Å². The molecule has 36 heavy (non-hydrogen) atoms. The van der Waals surface area contributed by atoms with Crippen molar-refractivity contribution in [3.8, 4) is 17.2 Å².